The molecule has 3 N–H and O–H groups in total. The maximum Gasteiger partial charge on any atom is 0.253 e. The molecule has 0 saturated carbocycles. The smallest absolute Gasteiger partial charge is 0.253 e. The van der Waals surface area contributed by atoms with Gasteiger partial charge in [-0.3, -0.25) is 9.59 Å². The van der Waals surface area contributed by atoms with Gasteiger partial charge in [-0.2, -0.15) is 0 Å². The summed E-state index contributed by atoms with van der Waals surface area (Å²) >= 11 is 0. The molecule has 0 aromatic heterocycles. The average molecular weight is 260 g/mol. The number of hydrogen-bond donors (Lipinski definition) is 2. The van der Waals surface area contributed by atoms with Crippen LogP contribution >= 0.6 is 0 Å². The number of benzene rings is 1. The van der Waals surface area contributed by atoms with E-state index in [2.05, 4.69) is 5.32 Å². The highest BCUT2D eigenvalue weighted by Gasteiger charge is 2.16. The zero-order valence-corrected chi connectivity index (χ0v) is 10.9. The first kappa shape index (κ1) is 13.1. The molecule has 0 spiro atoms. The van der Waals surface area contributed by atoms with Crippen molar-refractivity contribution in [2.45, 2.75) is 13.3 Å². The van der Waals surface area contributed by atoms with Gasteiger partial charge < -0.3 is 15.8 Å². The molecular weight excluding hydrogens is 244 g/mol. The minimum Gasteiger partial charge on any atom is -0.496 e. The van der Waals surface area contributed by atoms with Crippen molar-refractivity contribution in [2.75, 3.05) is 24.7 Å². The number of ether oxygens (including phenoxy) is 1. The van der Waals surface area contributed by atoms with Gasteiger partial charge in [-0.05, 0) is 30.5 Å². The predicted octanol–water partition coefficient (Wildman–Crippen LogP) is 0.836. The van der Waals surface area contributed by atoms with Gasteiger partial charge in [0.25, 0.3) is 10.9 Å². The van der Waals surface area contributed by atoms with Crippen LogP contribution in [0.25, 0.3) is 0 Å². The predicted molar refractivity (Wildman–Crippen MR) is 75.7 cm³/mol. The number of nitrogens with one attached hydrogen (secondary N) is 1. The number of aryl methyl sites for hydroxylation is 1. The molecule has 0 heterocycles. The quantitative estimate of drug-likeness (QED) is 0.778. The van der Waals surface area contributed by atoms with Crippen molar-refractivity contribution in [2.24, 2.45) is 0 Å². The van der Waals surface area contributed by atoms with Crippen LogP contribution in [-0.4, -0.2) is 13.7 Å². The van der Waals surface area contributed by atoms with Crippen molar-refractivity contribution < 1.29 is 4.74 Å². The Morgan fingerprint density at radius 1 is 1.26 bits per heavy atom. The number of nitrogen functional groups attached to an aromatic ring is 1. The summed E-state index contributed by atoms with van der Waals surface area (Å²) in [5.74, 6) is 0.850. The molecular formula is C14H16N2O3. The molecule has 2 aromatic carbocycles. The zero-order chi connectivity index (χ0) is 14.0. The van der Waals surface area contributed by atoms with E-state index in [1.807, 2.05) is 25.1 Å². The second-order valence-corrected chi connectivity index (χ2v) is 4.43. The van der Waals surface area contributed by atoms with Crippen molar-refractivity contribution in [3.63, 3.8) is 0 Å². The highest BCUT2D eigenvalue weighted by molar-refractivity contribution is 5.71. The van der Waals surface area contributed by atoms with Gasteiger partial charge >= 0.3 is 0 Å². The summed E-state index contributed by atoms with van der Waals surface area (Å²) in [7, 11) is 1.64. The molecule has 5 heteroatoms. The van der Waals surface area contributed by atoms with E-state index in [1.165, 1.54) is 0 Å². The third-order valence-corrected chi connectivity index (χ3v) is 3.12. The molecule has 5 nitrogen and oxygen atoms in total. The SMILES string of the molecule is COc1ccc(CCNc2c(N)c(=O)c2=O)cc1C. The van der Waals surface area contributed by atoms with Gasteiger partial charge in [-0.15, -0.1) is 0 Å². The second-order valence-electron chi connectivity index (χ2n) is 4.43. The lowest BCUT2D eigenvalue weighted by Gasteiger charge is -2.11. The van der Waals surface area contributed by atoms with Crippen molar-refractivity contribution in [3.8, 4) is 5.75 Å². The summed E-state index contributed by atoms with van der Waals surface area (Å²) in [5, 5.41) is 2.90. The van der Waals surface area contributed by atoms with Crippen molar-refractivity contribution in [1.29, 1.82) is 0 Å². The molecule has 2 rings (SSSR count). The monoisotopic (exact) mass is 260 g/mol. The van der Waals surface area contributed by atoms with Gasteiger partial charge in [0.15, 0.2) is 0 Å². The lowest BCUT2D eigenvalue weighted by atomic mass is 10.1. The van der Waals surface area contributed by atoms with Gasteiger partial charge in [0, 0.05) is 6.54 Å². The molecule has 0 fully saturated rings. The second kappa shape index (κ2) is 5.14. The first-order valence-electron chi connectivity index (χ1n) is 6.00. The summed E-state index contributed by atoms with van der Waals surface area (Å²) in [4.78, 5) is 22.1. The molecule has 0 aliphatic rings. The lowest BCUT2D eigenvalue weighted by Crippen LogP contribution is -2.37. The van der Waals surface area contributed by atoms with Crippen molar-refractivity contribution in [1.82, 2.24) is 0 Å². The minimum absolute atomic E-state index is 0.0379. The van der Waals surface area contributed by atoms with Crippen LogP contribution in [0, 0.1) is 6.92 Å². The van der Waals surface area contributed by atoms with Gasteiger partial charge in [-0.1, -0.05) is 12.1 Å². The fraction of sp³-hybridized carbons (Fsp3) is 0.286. The fourth-order valence-corrected chi connectivity index (χ4v) is 2.01. The molecule has 19 heavy (non-hydrogen) atoms. The number of nitrogens with two attached hydrogens (primary N) is 1. The van der Waals surface area contributed by atoms with Gasteiger partial charge in [0.2, 0.25) is 0 Å². The van der Waals surface area contributed by atoms with E-state index in [-0.39, 0.29) is 11.4 Å². The lowest BCUT2D eigenvalue weighted by molar-refractivity contribution is 0.411. The molecule has 0 saturated heterocycles. The fourth-order valence-electron chi connectivity index (χ4n) is 2.01. The Morgan fingerprint density at radius 3 is 2.58 bits per heavy atom. The van der Waals surface area contributed by atoms with E-state index in [0.29, 0.717) is 6.54 Å². The molecule has 0 bridgehead atoms. The van der Waals surface area contributed by atoms with Gasteiger partial charge in [0.05, 0.1) is 7.11 Å². The summed E-state index contributed by atoms with van der Waals surface area (Å²) in [6.45, 7) is 2.53. The molecule has 0 aliphatic carbocycles. The number of rotatable bonds is 5. The normalized spacial score (nSPS) is 10.6. The van der Waals surface area contributed by atoms with Crippen LogP contribution in [0.2, 0.25) is 0 Å². The molecule has 100 valence electrons. The minimum atomic E-state index is -0.595. The van der Waals surface area contributed by atoms with E-state index in [4.69, 9.17) is 10.5 Å². The van der Waals surface area contributed by atoms with Gasteiger partial charge in [0.1, 0.15) is 17.1 Å². The first-order valence-corrected chi connectivity index (χ1v) is 6.00. The Labute approximate surface area is 110 Å². The van der Waals surface area contributed by atoms with E-state index >= 15 is 0 Å². The van der Waals surface area contributed by atoms with E-state index in [1.54, 1.807) is 7.11 Å². The summed E-state index contributed by atoms with van der Waals surface area (Å²) < 4.78 is 5.19. The highest BCUT2D eigenvalue weighted by Crippen LogP contribution is 2.19. The summed E-state index contributed by atoms with van der Waals surface area (Å²) in [6, 6.07) is 5.92. The Morgan fingerprint density at radius 2 is 2.00 bits per heavy atom. The topological polar surface area (TPSA) is 81.4 Å². The molecule has 2 aromatic rings. The third-order valence-electron chi connectivity index (χ3n) is 3.12. The standard InChI is InChI=1S/C14H16N2O3/c1-8-7-9(3-4-10(8)19-2)5-6-16-12-11(15)13(17)14(12)18/h3-4,7,16H,5-6,15H2,1-2H3. The Kier molecular flexibility index (Phi) is 3.55. The maximum atomic E-state index is 11.2. The molecule has 0 atom stereocenters. The molecule has 0 amide bonds. The number of hydrogen-bond acceptors (Lipinski definition) is 5. The Hall–Kier alpha value is -2.30. The summed E-state index contributed by atoms with van der Waals surface area (Å²) in [6.07, 6.45) is 0.739. The average Bonchev–Trinajstić information content (AvgIpc) is 2.42. The maximum absolute atomic E-state index is 11.2. The first-order chi connectivity index (χ1) is 9.04. The molecule has 0 radical (unpaired) electrons. The summed E-state index contributed by atoms with van der Waals surface area (Å²) in [5.41, 5.74) is 6.78. The zero-order valence-electron chi connectivity index (χ0n) is 10.9. The highest BCUT2D eigenvalue weighted by atomic mass is 16.5. The van der Waals surface area contributed by atoms with Crippen LogP contribution in [0.4, 0.5) is 11.4 Å². The van der Waals surface area contributed by atoms with E-state index in [9.17, 15) is 9.59 Å². The van der Waals surface area contributed by atoms with Crippen molar-refractivity contribution >= 4 is 11.4 Å². The van der Waals surface area contributed by atoms with E-state index < -0.39 is 10.9 Å². The van der Waals surface area contributed by atoms with Crippen LogP contribution in [0.1, 0.15) is 11.1 Å². The largest absolute Gasteiger partial charge is 0.496 e. The van der Waals surface area contributed by atoms with Crippen LogP contribution in [0.15, 0.2) is 27.8 Å². The number of methoxy groups -OCH3 is 1. The van der Waals surface area contributed by atoms with Gasteiger partial charge in [-0.25, -0.2) is 0 Å². The Bertz CT molecular complexity index is 670. The number of anilines is 2. The van der Waals surface area contributed by atoms with Crippen LogP contribution in [0.3, 0.4) is 0 Å². The third kappa shape index (κ3) is 2.45. The van der Waals surface area contributed by atoms with Crippen LogP contribution < -0.4 is 26.6 Å². The molecule has 0 aliphatic heterocycles. The van der Waals surface area contributed by atoms with Crippen LogP contribution in [-0.2, 0) is 6.42 Å². The van der Waals surface area contributed by atoms with Crippen molar-refractivity contribution in [3.05, 3.63) is 49.8 Å². The van der Waals surface area contributed by atoms with E-state index in [0.717, 1.165) is 23.3 Å². The Balaban J connectivity index is 1.95. The molecule has 0 unspecified atom stereocenters. The van der Waals surface area contributed by atoms with Crippen LogP contribution in [0.5, 0.6) is 5.75 Å².